The second-order valence-corrected chi connectivity index (χ2v) is 5.17. The highest BCUT2D eigenvalue weighted by Crippen LogP contribution is 2.36. The summed E-state index contributed by atoms with van der Waals surface area (Å²) in [5.74, 6) is 2.72. The van der Waals surface area contributed by atoms with E-state index in [9.17, 15) is 5.11 Å². The zero-order valence-electron chi connectivity index (χ0n) is 12.0. The molecule has 5 nitrogen and oxygen atoms in total. The third kappa shape index (κ3) is 2.92. The van der Waals surface area contributed by atoms with Gasteiger partial charge in [0.2, 0.25) is 12.7 Å². The number of hydrogen-bond acceptors (Lipinski definition) is 5. The van der Waals surface area contributed by atoms with Gasteiger partial charge in [-0.25, -0.2) is 4.98 Å². The normalized spacial score (nSPS) is 12.8. The van der Waals surface area contributed by atoms with Crippen molar-refractivity contribution in [1.82, 2.24) is 4.98 Å². The van der Waals surface area contributed by atoms with Crippen molar-refractivity contribution in [2.75, 3.05) is 6.79 Å². The van der Waals surface area contributed by atoms with Gasteiger partial charge in [-0.1, -0.05) is 13.8 Å². The predicted octanol–water partition coefficient (Wildman–Crippen LogP) is 3.22. The molecule has 1 N–H and O–H groups in total. The molecule has 0 bridgehead atoms. The van der Waals surface area contributed by atoms with Gasteiger partial charge in [-0.2, -0.15) is 0 Å². The van der Waals surface area contributed by atoms with Gasteiger partial charge < -0.3 is 19.3 Å². The van der Waals surface area contributed by atoms with Crippen LogP contribution >= 0.6 is 0 Å². The van der Waals surface area contributed by atoms with Crippen LogP contribution in [-0.4, -0.2) is 16.9 Å². The molecule has 1 aliphatic heterocycles. The Hall–Kier alpha value is -2.27. The molecular formula is C16H17NO4. The number of aliphatic hydroxyl groups is 1. The smallest absolute Gasteiger partial charge is 0.231 e. The van der Waals surface area contributed by atoms with Crippen LogP contribution in [0.1, 0.15) is 31.0 Å². The first-order chi connectivity index (χ1) is 10.2. The molecule has 0 unspecified atom stereocenters. The van der Waals surface area contributed by atoms with E-state index in [1.165, 1.54) is 0 Å². The minimum atomic E-state index is -0.0419. The van der Waals surface area contributed by atoms with E-state index in [2.05, 4.69) is 4.98 Å². The second-order valence-electron chi connectivity index (χ2n) is 5.17. The molecule has 3 rings (SSSR count). The maximum atomic E-state index is 9.34. The summed E-state index contributed by atoms with van der Waals surface area (Å²) in [5, 5.41) is 9.34. The third-order valence-corrected chi connectivity index (χ3v) is 3.22. The van der Waals surface area contributed by atoms with Crippen molar-refractivity contribution in [2.45, 2.75) is 26.4 Å². The number of pyridine rings is 1. The quantitative estimate of drug-likeness (QED) is 0.935. The number of nitrogens with zero attached hydrogens (tertiary/aromatic N) is 1. The molecule has 110 valence electrons. The van der Waals surface area contributed by atoms with Gasteiger partial charge in [-0.3, -0.25) is 0 Å². The molecule has 1 aliphatic rings. The zero-order chi connectivity index (χ0) is 14.8. The van der Waals surface area contributed by atoms with Crippen molar-refractivity contribution in [3.05, 3.63) is 41.6 Å². The van der Waals surface area contributed by atoms with Crippen molar-refractivity contribution < 1.29 is 19.3 Å². The van der Waals surface area contributed by atoms with Gasteiger partial charge in [0, 0.05) is 17.8 Å². The van der Waals surface area contributed by atoms with Gasteiger partial charge in [0.25, 0.3) is 0 Å². The molecule has 5 heteroatoms. The van der Waals surface area contributed by atoms with Crippen LogP contribution in [0.5, 0.6) is 23.1 Å². The highest BCUT2D eigenvalue weighted by molar-refractivity contribution is 5.47. The molecule has 0 atom stereocenters. The third-order valence-electron chi connectivity index (χ3n) is 3.22. The van der Waals surface area contributed by atoms with Crippen molar-refractivity contribution in [1.29, 1.82) is 0 Å². The highest BCUT2D eigenvalue weighted by atomic mass is 16.7. The number of aromatic nitrogens is 1. The fourth-order valence-electron chi connectivity index (χ4n) is 2.08. The molecular weight excluding hydrogens is 270 g/mol. The van der Waals surface area contributed by atoms with Crippen molar-refractivity contribution in [3.8, 4) is 23.1 Å². The van der Waals surface area contributed by atoms with Crippen LogP contribution in [0.25, 0.3) is 0 Å². The van der Waals surface area contributed by atoms with E-state index in [1.807, 2.05) is 19.9 Å². The van der Waals surface area contributed by atoms with E-state index < -0.39 is 0 Å². The Morgan fingerprint density at radius 3 is 2.76 bits per heavy atom. The van der Waals surface area contributed by atoms with Gasteiger partial charge >= 0.3 is 0 Å². The van der Waals surface area contributed by atoms with Gasteiger partial charge in [0.15, 0.2) is 11.5 Å². The molecule has 21 heavy (non-hydrogen) atoms. The van der Waals surface area contributed by atoms with E-state index in [4.69, 9.17) is 14.2 Å². The predicted molar refractivity (Wildman–Crippen MR) is 76.9 cm³/mol. The number of hydrogen-bond donors (Lipinski definition) is 1. The van der Waals surface area contributed by atoms with Crippen molar-refractivity contribution in [3.63, 3.8) is 0 Å². The number of rotatable bonds is 4. The largest absolute Gasteiger partial charge is 0.454 e. The SMILES string of the molecule is CC(C)c1cc(CO)cc(Oc2ccc3c(c2)OCO3)n1. The topological polar surface area (TPSA) is 60.8 Å². The molecule has 1 aromatic heterocycles. The number of aliphatic hydroxyl groups excluding tert-OH is 1. The van der Waals surface area contributed by atoms with Gasteiger partial charge in [-0.05, 0) is 29.7 Å². The Balaban J connectivity index is 1.88. The summed E-state index contributed by atoms with van der Waals surface area (Å²) < 4.78 is 16.4. The average molecular weight is 287 g/mol. The molecule has 2 aromatic rings. The molecule has 2 heterocycles. The molecule has 0 fully saturated rings. The summed E-state index contributed by atoms with van der Waals surface area (Å²) in [6.07, 6.45) is 0. The fourth-order valence-corrected chi connectivity index (χ4v) is 2.08. The lowest BCUT2D eigenvalue weighted by Crippen LogP contribution is -1.98. The van der Waals surface area contributed by atoms with Crippen LogP contribution in [0.15, 0.2) is 30.3 Å². The van der Waals surface area contributed by atoms with Crippen LogP contribution < -0.4 is 14.2 Å². The Labute approximate surface area is 123 Å². The Morgan fingerprint density at radius 2 is 2.00 bits per heavy atom. The van der Waals surface area contributed by atoms with E-state index in [0.717, 1.165) is 11.3 Å². The highest BCUT2D eigenvalue weighted by Gasteiger charge is 2.15. The summed E-state index contributed by atoms with van der Waals surface area (Å²) in [7, 11) is 0. The first kappa shape index (κ1) is 13.7. The first-order valence-corrected chi connectivity index (χ1v) is 6.85. The lowest BCUT2D eigenvalue weighted by atomic mass is 10.1. The minimum absolute atomic E-state index is 0.0419. The van der Waals surface area contributed by atoms with E-state index in [0.29, 0.717) is 23.1 Å². The summed E-state index contributed by atoms with van der Waals surface area (Å²) >= 11 is 0. The molecule has 0 radical (unpaired) electrons. The Kier molecular flexibility index (Phi) is 3.66. The summed E-state index contributed by atoms with van der Waals surface area (Å²) in [4.78, 5) is 4.46. The first-order valence-electron chi connectivity index (χ1n) is 6.85. The minimum Gasteiger partial charge on any atom is -0.454 e. The fraction of sp³-hybridized carbons (Fsp3) is 0.312. The molecule has 0 spiro atoms. The molecule has 0 amide bonds. The molecule has 1 aromatic carbocycles. The number of ether oxygens (including phenoxy) is 3. The maximum absolute atomic E-state index is 9.34. The van der Waals surface area contributed by atoms with Gasteiger partial charge in [0.05, 0.1) is 6.61 Å². The van der Waals surface area contributed by atoms with Crippen molar-refractivity contribution in [2.24, 2.45) is 0 Å². The monoisotopic (exact) mass is 287 g/mol. The lowest BCUT2D eigenvalue weighted by Gasteiger charge is -2.11. The average Bonchev–Trinajstić information content (AvgIpc) is 2.94. The molecule has 0 saturated carbocycles. The van der Waals surface area contributed by atoms with Crippen LogP contribution in [0.4, 0.5) is 0 Å². The second kappa shape index (κ2) is 5.61. The van der Waals surface area contributed by atoms with Crippen LogP contribution in [0, 0.1) is 0 Å². The summed E-state index contributed by atoms with van der Waals surface area (Å²) in [5.41, 5.74) is 1.67. The molecule has 0 aliphatic carbocycles. The van der Waals surface area contributed by atoms with E-state index in [-0.39, 0.29) is 19.3 Å². The van der Waals surface area contributed by atoms with Crippen LogP contribution in [0.2, 0.25) is 0 Å². The summed E-state index contributed by atoms with van der Waals surface area (Å²) in [6, 6.07) is 8.99. The number of benzene rings is 1. The number of fused-ring (bicyclic) bond motifs is 1. The Bertz CT molecular complexity index is 655. The van der Waals surface area contributed by atoms with Gasteiger partial charge in [0.1, 0.15) is 5.75 Å². The lowest BCUT2D eigenvalue weighted by molar-refractivity contribution is 0.174. The summed E-state index contributed by atoms with van der Waals surface area (Å²) in [6.45, 7) is 4.29. The van der Waals surface area contributed by atoms with Gasteiger partial charge in [-0.15, -0.1) is 0 Å². The van der Waals surface area contributed by atoms with E-state index in [1.54, 1.807) is 24.3 Å². The maximum Gasteiger partial charge on any atom is 0.231 e. The zero-order valence-corrected chi connectivity index (χ0v) is 12.0. The van der Waals surface area contributed by atoms with E-state index >= 15 is 0 Å². The van der Waals surface area contributed by atoms with Crippen molar-refractivity contribution >= 4 is 0 Å². The Morgan fingerprint density at radius 1 is 1.19 bits per heavy atom. The van der Waals surface area contributed by atoms with Crippen LogP contribution in [-0.2, 0) is 6.61 Å². The standard InChI is InChI=1S/C16H17NO4/c1-10(2)13-5-11(8-18)6-16(17-13)21-12-3-4-14-15(7-12)20-9-19-14/h3-7,10,18H,8-9H2,1-2H3. The molecule has 0 saturated heterocycles. The van der Waals surface area contributed by atoms with Crippen LogP contribution in [0.3, 0.4) is 0 Å².